The number of halogens is 2. The minimum atomic E-state index is -0.232. The van der Waals surface area contributed by atoms with E-state index < -0.39 is 0 Å². The number of methoxy groups -OCH3 is 2. The molecule has 6 nitrogen and oxygen atoms in total. The van der Waals surface area contributed by atoms with Gasteiger partial charge in [-0.3, -0.25) is 0 Å². The number of morpholine rings is 1. The number of nitrogens with zero attached hydrogens (tertiary/aromatic N) is 1. The molecular weight excluding hydrogens is 460 g/mol. The molecule has 1 fully saturated rings. The highest BCUT2D eigenvalue weighted by molar-refractivity contribution is 9.10. The molecule has 1 aliphatic rings. The third kappa shape index (κ3) is 5.78. The van der Waals surface area contributed by atoms with Crippen LogP contribution in [0.3, 0.4) is 0 Å². The first-order chi connectivity index (χ1) is 13.5. The molecule has 0 aliphatic carbocycles. The van der Waals surface area contributed by atoms with Crippen molar-refractivity contribution in [3.05, 3.63) is 58.1 Å². The van der Waals surface area contributed by atoms with Crippen LogP contribution in [-0.2, 0) is 4.74 Å². The number of hydrogen-bond donors (Lipinski definition) is 1. The lowest BCUT2D eigenvalue weighted by Gasteiger charge is -2.34. The van der Waals surface area contributed by atoms with Crippen LogP contribution in [0.25, 0.3) is 0 Å². The molecule has 2 aromatic rings. The van der Waals surface area contributed by atoms with Gasteiger partial charge in [0, 0.05) is 16.6 Å². The smallest absolute Gasteiger partial charge is 0.318 e. The van der Waals surface area contributed by atoms with E-state index in [0.29, 0.717) is 25.4 Å². The van der Waals surface area contributed by atoms with Crippen molar-refractivity contribution in [3.8, 4) is 11.5 Å². The Bertz CT molecular complexity index is 836. The quantitative estimate of drug-likeness (QED) is 0.665. The standard InChI is InChI=1S/C21H25BrN2O4.ClH/c1-14(18-12-17(26-2)7-8-19(18)27-3)23-21(25)24-9-10-28-20(13-24)15-5-4-6-16(22)11-15;/h4-8,11-12,14,20H,9-10,13H2,1-3H3,(H,23,25);1H. The molecule has 2 amide bonds. The molecule has 1 saturated heterocycles. The summed E-state index contributed by atoms with van der Waals surface area (Å²) < 4.78 is 17.6. The first-order valence-electron chi connectivity index (χ1n) is 9.16. The number of carbonyl (C=O) groups excluding carboxylic acids is 1. The Labute approximate surface area is 186 Å². The van der Waals surface area contributed by atoms with E-state index >= 15 is 0 Å². The zero-order valence-corrected chi connectivity index (χ0v) is 19.1. The van der Waals surface area contributed by atoms with Crippen molar-refractivity contribution in [2.24, 2.45) is 0 Å². The average Bonchev–Trinajstić information content (AvgIpc) is 2.73. The summed E-state index contributed by atoms with van der Waals surface area (Å²) in [5.74, 6) is 1.43. The Morgan fingerprint density at radius 1 is 1.24 bits per heavy atom. The van der Waals surface area contributed by atoms with Crippen LogP contribution in [0.1, 0.15) is 30.2 Å². The summed E-state index contributed by atoms with van der Waals surface area (Å²) in [7, 11) is 3.23. The van der Waals surface area contributed by atoms with Crippen LogP contribution in [-0.4, -0.2) is 44.8 Å². The maximum Gasteiger partial charge on any atom is 0.318 e. The second-order valence-electron chi connectivity index (χ2n) is 6.64. The number of carbonyl (C=O) groups is 1. The number of amides is 2. The number of rotatable bonds is 5. The molecule has 158 valence electrons. The number of urea groups is 1. The van der Waals surface area contributed by atoms with Crippen molar-refractivity contribution in [2.45, 2.75) is 19.1 Å². The summed E-state index contributed by atoms with van der Waals surface area (Å²) in [5, 5.41) is 3.06. The number of nitrogens with one attached hydrogen (secondary N) is 1. The van der Waals surface area contributed by atoms with Gasteiger partial charge in [0.1, 0.15) is 17.6 Å². The monoisotopic (exact) mass is 484 g/mol. The van der Waals surface area contributed by atoms with Crippen LogP contribution in [0.15, 0.2) is 46.9 Å². The summed E-state index contributed by atoms with van der Waals surface area (Å²) in [6.45, 7) is 3.49. The molecular formula is C21H26BrClN2O4. The Morgan fingerprint density at radius 2 is 2.03 bits per heavy atom. The zero-order chi connectivity index (χ0) is 20.1. The molecule has 0 spiro atoms. The lowest BCUT2D eigenvalue weighted by Crippen LogP contribution is -2.47. The van der Waals surface area contributed by atoms with E-state index in [4.69, 9.17) is 14.2 Å². The molecule has 2 unspecified atom stereocenters. The largest absolute Gasteiger partial charge is 0.497 e. The average molecular weight is 486 g/mol. The molecule has 0 saturated carbocycles. The summed E-state index contributed by atoms with van der Waals surface area (Å²) >= 11 is 3.49. The van der Waals surface area contributed by atoms with E-state index in [2.05, 4.69) is 21.2 Å². The first-order valence-corrected chi connectivity index (χ1v) is 9.95. The van der Waals surface area contributed by atoms with Crippen LogP contribution in [0, 0.1) is 0 Å². The van der Waals surface area contributed by atoms with Gasteiger partial charge in [-0.05, 0) is 42.8 Å². The van der Waals surface area contributed by atoms with Crippen molar-refractivity contribution >= 4 is 34.4 Å². The molecule has 1 heterocycles. The SMILES string of the molecule is COc1ccc(OC)c(C(C)NC(=O)N2CCOC(c3cccc(Br)c3)C2)c1.Cl. The number of ether oxygens (including phenoxy) is 3. The van der Waals surface area contributed by atoms with E-state index in [1.807, 2.05) is 49.4 Å². The number of benzene rings is 2. The lowest BCUT2D eigenvalue weighted by atomic mass is 10.1. The molecule has 3 rings (SSSR count). The van der Waals surface area contributed by atoms with Gasteiger partial charge in [0.25, 0.3) is 0 Å². The predicted molar refractivity (Wildman–Crippen MR) is 118 cm³/mol. The highest BCUT2D eigenvalue weighted by Gasteiger charge is 2.27. The molecule has 0 aromatic heterocycles. The second-order valence-corrected chi connectivity index (χ2v) is 7.56. The summed E-state index contributed by atoms with van der Waals surface area (Å²) in [6, 6.07) is 13.2. The fourth-order valence-corrected chi connectivity index (χ4v) is 3.69. The normalized spacial score (nSPS) is 17.1. The lowest BCUT2D eigenvalue weighted by molar-refractivity contribution is -0.0157. The fourth-order valence-electron chi connectivity index (χ4n) is 3.27. The summed E-state index contributed by atoms with van der Waals surface area (Å²) in [4.78, 5) is 14.6. The van der Waals surface area contributed by atoms with Crippen molar-refractivity contribution in [3.63, 3.8) is 0 Å². The van der Waals surface area contributed by atoms with Gasteiger partial charge in [-0.1, -0.05) is 28.1 Å². The third-order valence-electron chi connectivity index (χ3n) is 4.82. The van der Waals surface area contributed by atoms with Crippen LogP contribution in [0.5, 0.6) is 11.5 Å². The molecule has 0 radical (unpaired) electrons. The molecule has 2 atom stereocenters. The van der Waals surface area contributed by atoms with Gasteiger partial charge in [0.05, 0.1) is 33.4 Å². The van der Waals surface area contributed by atoms with Gasteiger partial charge >= 0.3 is 6.03 Å². The Balaban J connectivity index is 0.00000300. The van der Waals surface area contributed by atoms with Crippen molar-refractivity contribution in [1.82, 2.24) is 10.2 Å². The Hall–Kier alpha value is -1.96. The molecule has 2 aromatic carbocycles. The third-order valence-corrected chi connectivity index (χ3v) is 5.31. The Kier molecular flexibility index (Phi) is 8.61. The van der Waals surface area contributed by atoms with Crippen LogP contribution in [0.4, 0.5) is 4.79 Å². The zero-order valence-electron chi connectivity index (χ0n) is 16.7. The van der Waals surface area contributed by atoms with Crippen molar-refractivity contribution in [1.29, 1.82) is 0 Å². The van der Waals surface area contributed by atoms with Gasteiger partial charge in [-0.15, -0.1) is 12.4 Å². The minimum absolute atomic E-state index is 0. The van der Waals surface area contributed by atoms with Crippen molar-refractivity contribution in [2.75, 3.05) is 33.9 Å². The van der Waals surface area contributed by atoms with Gasteiger partial charge in [0.2, 0.25) is 0 Å². The van der Waals surface area contributed by atoms with Crippen molar-refractivity contribution < 1.29 is 19.0 Å². The topological polar surface area (TPSA) is 60.0 Å². The highest BCUT2D eigenvalue weighted by Crippen LogP contribution is 2.30. The molecule has 29 heavy (non-hydrogen) atoms. The summed E-state index contributed by atoms with van der Waals surface area (Å²) in [5.41, 5.74) is 1.92. The number of hydrogen-bond acceptors (Lipinski definition) is 4. The van der Waals surface area contributed by atoms with Gasteiger partial charge in [-0.2, -0.15) is 0 Å². The first kappa shape index (κ1) is 23.3. The van der Waals surface area contributed by atoms with Crippen LogP contribution in [0.2, 0.25) is 0 Å². The second kappa shape index (κ2) is 10.7. The molecule has 1 aliphatic heterocycles. The van der Waals surface area contributed by atoms with E-state index in [1.165, 1.54) is 0 Å². The minimum Gasteiger partial charge on any atom is -0.497 e. The molecule has 8 heteroatoms. The van der Waals surface area contributed by atoms with E-state index in [0.717, 1.165) is 21.3 Å². The molecule has 0 bridgehead atoms. The van der Waals surface area contributed by atoms with Crippen LogP contribution >= 0.6 is 28.3 Å². The maximum absolute atomic E-state index is 12.9. The van der Waals surface area contributed by atoms with Gasteiger partial charge in [0.15, 0.2) is 0 Å². The van der Waals surface area contributed by atoms with Gasteiger partial charge < -0.3 is 24.4 Å². The van der Waals surface area contributed by atoms with E-state index in [1.54, 1.807) is 19.1 Å². The Morgan fingerprint density at radius 3 is 2.72 bits per heavy atom. The maximum atomic E-state index is 12.9. The van der Waals surface area contributed by atoms with Crippen LogP contribution < -0.4 is 14.8 Å². The molecule has 1 N–H and O–H groups in total. The summed E-state index contributed by atoms with van der Waals surface area (Å²) in [6.07, 6.45) is -0.140. The van der Waals surface area contributed by atoms with E-state index in [-0.39, 0.29) is 30.6 Å². The highest BCUT2D eigenvalue weighted by atomic mass is 79.9. The fraction of sp³-hybridized carbons (Fsp3) is 0.381. The van der Waals surface area contributed by atoms with E-state index in [9.17, 15) is 4.79 Å². The predicted octanol–water partition coefficient (Wildman–Crippen LogP) is 4.73. The van der Waals surface area contributed by atoms with Gasteiger partial charge in [-0.25, -0.2) is 4.79 Å².